The maximum absolute atomic E-state index is 12.8. The summed E-state index contributed by atoms with van der Waals surface area (Å²) in [5.74, 6) is 2.50. The molecule has 11 heteroatoms. The summed E-state index contributed by atoms with van der Waals surface area (Å²) in [6, 6.07) is 3.82. The molecule has 0 spiro atoms. The first kappa shape index (κ1) is 26.7. The Morgan fingerprint density at radius 1 is 1.38 bits per heavy atom. The van der Waals surface area contributed by atoms with Crippen molar-refractivity contribution < 1.29 is 14.3 Å². The van der Waals surface area contributed by atoms with Gasteiger partial charge in [-0.1, -0.05) is 13.0 Å². The number of fused-ring (bicyclic) bond motifs is 1. The molecule has 4 rings (SSSR count). The van der Waals surface area contributed by atoms with E-state index in [0.717, 1.165) is 55.6 Å². The summed E-state index contributed by atoms with van der Waals surface area (Å²) in [7, 11) is 1.51. The molecule has 1 atom stereocenters. The Balaban J connectivity index is 1.45. The second-order valence-electron chi connectivity index (χ2n) is 9.00. The van der Waals surface area contributed by atoms with E-state index in [0.29, 0.717) is 35.6 Å². The van der Waals surface area contributed by atoms with Gasteiger partial charge in [0.15, 0.2) is 5.65 Å². The first-order chi connectivity index (χ1) is 18.1. The second kappa shape index (κ2) is 12.8. The topological polar surface area (TPSA) is 118 Å². The zero-order valence-corrected chi connectivity index (χ0v) is 22.5. The number of anilines is 1. The fourth-order valence-corrected chi connectivity index (χ4v) is 4.85. The number of hydrogen-bond acceptors (Lipinski definition) is 9. The van der Waals surface area contributed by atoms with Crippen LogP contribution in [-0.2, 0) is 0 Å². The number of hydrogen-bond donors (Lipinski definition) is 2. The average Bonchev–Trinajstić information content (AvgIpc) is 3.39. The first-order valence-corrected chi connectivity index (χ1v) is 14.0. The number of ether oxygens (including phenoxy) is 2. The minimum atomic E-state index is -0.232. The highest BCUT2D eigenvalue weighted by Crippen LogP contribution is 2.36. The number of rotatable bonds is 12. The Morgan fingerprint density at radius 3 is 2.89 bits per heavy atom. The predicted octanol–water partition coefficient (Wildman–Crippen LogP) is 4.17. The summed E-state index contributed by atoms with van der Waals surface area (Å²) >= 11 is 1.63. The molecule has 37 heavy (non-hydrogen) atoms. The van der Waals surface area contributed by atoms with Crippen LogP contribution in [0.15, 0.2) is 31.0 Å². The molecule has 0 aliphatic carbocycles. The second-order valence-corrected chi connectivity index (χ2v) is 9.82. The van der Waals surface area contributed by atoms with Crippen molar-refractivity contribution in [3.63, 3.8) is 0 Å². The van der Waals surface area contributed by atoms with Crippen molar-refractivity contribution in [3.05, 3.63) is 42.4 Å². The lowest BCUT2D eigenvalue weighted by molar-refractivity contribution is 0.0945. The highest BCUT2D eigenvalue weighted by molar-refractivity contribution is 7.98. The summed E-state index contributed by atoms with van der Waals surface area (Å²) < 4.78 is 11.3. The number of pyridine rings is 1. The fourth-order valence-electron chi connectivity index (χ4n) is 4.61. The Hall–Kier alpha value is -3.34. The smallest absolute Gasteiger partial charge is 0.318 e. The molecule has 0 bridgehead atoms. The number of carbonyl (C=O) groups is 1. The van der Waals surface area contributed by atoms with Crippen LogP contribution in [-0.4, -0.2) is 70.0 Å². The number of carbonyl (C=O) groups excluding carboxylic acids is 1. The van der Waals surface area contributed by atoms with Gasteiger partial charge in [0.2, 0.25) is 0 Å². The quantitative estimate of drug-likeness (QED) is 0.265. The van der Waals surface area contributed by atoms with Gasteiger partial charge in [-0.3, -0.25) is 9.89 Å². The molecule has 1 aliphatic heterocycles. The van der Waals surface area contributed by atoms with Crippen molar-refractivity contribution in [2.45, 2.75) is 38.5 Å². The van der Waals surface area contributed by atoms with Gasteiger partial charge < -0.3 is 19.7 Å². The molecule has 1 saturated heterocycles. The fraction of sp³-hybridized carbons (Fsp3) is 0.500. The van der Waals surface area contributed by atoms with E-state index in [1.54, 1.807) is 24.0 Å². The van der Waals surface area contributed by atoms with Gasteiger partial charge >= 0.3 is 6.01 Å². The van der Waals surface area contributed by atoms with Crippen LogP contribution in [0, 0.1) is 5.92 Å². The number of methoxy groups -OCH3 is 1. The Kier molecular flexibility index (Phi) is 9.21. The lowest BCUT2D eigenvalue weighted by atomic mass is 9.92. The van der Waals surface area contributed by atoms with Crippen molar-refractivity contribution in [3.8, 4) is 11.8 Å². The van der Waals surface area contributed by atoms with Gasteiger partial charge in [-0.2, -0.15) is 15.1 Å². The third-order valence-electron chi connectivity index (χ3n) is 6.77. The number of aromatic nitrogens is 5. The number of allylic oxidation sites excluding steroid dienone is 1. The molecular weight excluding hydrogens is 490 g/mol. The average molecular weight is 526 g/mol. The molecule has 0 radical (unpaired) electrons. The van der Waals surface area contributed by atoms with Gasteiger partial charge in [-0.05, 0) is 43.9 Å². The SMILES string of the molecule is C=CC(CC)CCNC(=O)c1cc(N2CCC(c3[nH]nc4nccc(OCSC)c34)CC2)nc(OC)n1. The maximum atomic E-state index is 12.8. The van der Waals surface area contributed by atoms with E-state index in [1.165, 1.54) is 7.11 Å². The van der Waals surface area contributed by atoms with E-state index >= 15 is 0 Å². The van der Waals surface area contributed by atoms with Crippen molar-refractivity contribution in [1.29, 1.82) is 0 Å². The largest absolute Gasteiger partial charge is 0.482 e. The first-order valence-electron chi connectivity index (χ1n) is 12.6. The Labute approximate surface area is 221 Å². The van der Waals surface area contributed by atoms with E-state index in [-0.39, 0.29) is 17.8 Å². The molecule has 10 nitrogen and oxygen atoms in total. The van der Waals surface area contributed by atoms with E-state index in [1.807, 2.05) is 18.4 Å². The molecule has 1 fully saturated rings. The lowest BCUT2D eigenvalue weighted by Gasteiger charge is -2.32. The van der Waals surface area contributed by atoms with Crippen LogP contribution in [0.3, 0.4) is 0 Å². The Morgan fingerprint density at radius 2 is 2.19 bits per heavy atom. The summed E-state index contributed by atoms with van der Waals surface area (Å²) in [6.45, 7) is 8.07. The van der Waals surface area contributed by atoms with Crippen LogP contribution in [0.2, 0.25) is 0 Å². The number of H-pyrrole nitrogens is 1. The van der Waals surface area contributed by atoms with Gasteiger partial charge in [0.1, 0.15) is 23.2 Å². The van der Waals surface area contributed by atoms with Crippen LogP contribution in [0.1, 0.15) is 54.7 Å². The van der Waals surface area contributed by atoms with Crippen LogP contribution >= 0.6 is 11.8 Å². The van der Waals surface area contributed by atoms with E-state index in [4.69, 9.17) is 9.47 Å². The molecule has 1 aliphatic rings. The number of nitrogens with zero attached hydrogens (tertiary/aromatic N) is 5. The third-order valence-corrected chi connectivity index (χ3v) is 7.12. The van der Waals surface area contributed by atoms with Crippen LogP contribution in [0.4, 0.5) is 5.82 Å². The normalized spacial score (nSPS) is 14.9. The van der Waals surface area contributed by atoms with Crippen molar-refractivity contribution in [1.82, 2.24) is 30.5 Å². The minimum absolute atomic E-state index is 0.184. The van der Waals surface area contributed by atoms with Crippen molar-refractivity contribution >= 4 is 34.5 Å². The number of piperidine rings is 1. The summed E-state index contributed by atoms with van der Waals surface area (Å²) in [4.78, 5) is 28.2. The summed E-state index contributed by atoms with van der Waals surface area (Å²) in [5, 5.41) is 11.5. The molecule has 0 saturated carbocycles. The maximum Gasteiger partial charge on any atom is 0.318 e. The van der Waals surface area contributed by atoms with Crippen LogP contribution < -0.4 is 19.7 Å². The molecule has 2 N–H and O–H groups in total. The molecule has 1 unspecified atom stereocenters. The Bertz CT molecular complexity index is 1210. The van der Waals surface area contributed by atoms with E-state index in [9.17, 15) is 4.79 Å². The number of nitrogens with one attached hydrogen (secondary N) is 2. The molecule has 0 aromatic carbocycles. The lowest BCUT2D eigenvalue weighted by Crippen LogP contribution is -2.34. The zero-order chi connectivity index (χ0) is 26.2. The third kappa shape index (κ3) is 6.33. The minimum Gasteiger partial charge on any atom is -0.482 e. The van der Waals surface area contributed by atoms with E-state index < -0.39 is 0 Å². The number of amides is 1. The molecule has 3 aromatic rings. The summed E-state index contributed by atoms with van der Waals surface area (Å²) in [6.07, 6.45) is 9.29. The van der Waals surface area contributed by atoms with Gasteiger partial charge in [-0.25, -0.2) is 4.98 Å². The van der Waals surface area contributed by atoms with Crippen LogP contribution in [0.5, 0.6) is 11.8 Å². The summed E-state index contributed by atoms with van der Waals surface area (Å²) in [5.41, 5.74) is 2.03. The van der Waals surface area contributed by atoms with Crippen LogP contribution in [0.25, 0.3) is 11.0 Å². The molecule has 198 valence electrons. The van der Waals surface area contributed by atoms with E-state index in [2.05, 4.69) is 48.9 Å². The van der Waals surface area contributed by atoms with Gasteiger partial charge in [0, 0.05) is 37.8 Å². The zero-order valence-electron chi connectivity index (χ0n) is 21.7. The highest BCUT2D eigenvalue weighted by Gasteiger charge is 2.27. The number of thioether (sulfide) groups is 1. The van der Waals surface area contributed by atoms with Gasteiger partial charge in [0.05, 0.1) is 18.2 Å². The standard InChI is InChI=1S/C26H35N7O3S/c1-5-17(6-2)7-11-28-25(34)19-15-21(30-26(29-19)35-3)33-13-9-18(10-14-33)23-22-20(36-16-37-4)8-12-27-24(22)32-31-23/h5,8,12,15,17-18H,1,6-7,9-11,13-14,16H2,2-4H3,(H,28,34)(H,27,31,32). The highest BCUT2D eigenvalue weighted by atomic mass is 32.2. The van der Waals surface area contributed by atoms with Crippen molar-refractivity contribution in [2.24, 2.45) is 5.92 Å². The molecule has 3 aromatic heterocycles. The molecule has 4 heterocycles. The molecule has 1 amide bonds. The van der Waals surface area contributed by atoms with Crippen molar-refractivity contribution in [2.75, 3.05) is 43.8 Å². The van der Waals surface area contributed by atoms with Gasteiger partial charge in [-0.15, -0.1) is 18.3 Å². The molecular formula is C26H35N7O3S. The monoisotopic (exact) mass is 525 g/mol. The predicted molar refractivity (Wildman–Crippen MR) is 147 cm³/mol. The number of aromatic amines is 1. The van der Waals surface area contributed by atoms with Gasteiger partial charge in [0.25, 0.3) is 5.91 Å².